The number of rotatable bonds is 8. The van der Waals surface area contributed by atoms with Crippen LogP contribution < -0.4 is 16.8 Å². The quantitative estimate of drug-likeness (QED) is 0.288. The Kier molecular flexibility index (Phi) is 11.8. The van der Waals surface area contributed by atoms with E-state index in [0.717, 1.165) is 0 Å². The lowest BCUT2D eigenvalue weighted by molar-refractivity contribution is -0.384. The summed E-state index contributed by atoms with van der Waals surface area (Å²) in [6.45, 7) is 3.57. The first-order valence-electron chi connectivity index (χ1n) is 8.99. The van der Waals surface area contributed by atoms with E-state index in [4.69, 9.17) is 20.9 Å². The van der Waals surface area contributed by atoms with Crippen molar-refractivity contribution in [2.75, 3.05) is 26.3 Å². The van der Waals surface area contributed by atoms with E-state index >= 15 is 0 Å². The smallest absolute Gasteiger partial charge is 0.336 e. The molecule has 31 heavy (non-hydrogen) atoms. The summed E-state index contributed by atoms with van der Waals surface area (Å²) in [7, 11) is 0. The molecule has 0 fully saturated rings. The molecule has 0 aromatic heterocycles. The Morgan fingerprint density at radius 2 is 1.52 bits per heavy atom. The number of carbonyl (C=O) groups excluding carboxylic acids is 2. The maximum atomic E-state index is 12.8. The highest BCUT2D eigenvalue weighted by Crippen LogP contribution is 2.40. The zero-order chi connectivity index (χ0) is 21.6. The minimum atomic E-state index is -0.910. The molecule has 10 nitrogen and oxygen atoms in total. The molecular formula is C19H26Cl2N4O6. The number of nitrogens with zero attached hydrogens (tertiary/aromatic N) is 1. The summed E-state index contributed by atoms with van der Waals surface area (Å²) in [6.07, 6.45) is 0. The Hall–Kier alpha value is -2.66. The molecule has 0 atom stereocenters. The van der Waals surface area contributed by atoms with Crippen LogP contribution in [0.3, 0.4) is 0 Å². The third-order valence-electron chi connectivity index (χ3n) is 4.32. The predicted octanol–water partition coefficient (Wildman–Crippen LogP) is 1.68. The summed E-state index contributed by atoms with van der Waals surface area (Å²) in [6, 6.07) is 5.75. The van der Waals surface area contributed by atoms with Crippen LogP contribution in [0.25, 0.3) is 0 Å². The average molecular weight is 477 g/mol. The zero-order valence-electron chi connectivity index (χ0n) is 17.1. The summed E-state index contributed by atoms with van der Waals surface area (Å²) in [4.78, 5) is 36.2. The highest BCUT2D eigenvalue weighted by molar-refractivity contribution is 6.00. The molecule has 1 aliphatic heterocycles. The highest BCUT2D eigenvalue weighted by Gasteiger charge is 2.38. The van der Waals surface area contributed by atoms with Gasteiger partial charge in [0.2, 0.25) is 0 Å². The molecule has 1 heterocycles. The molecule has 0 spiro atoms. The number of carbonyl (C=O) groups is 2. The number of dihydropyridines is 1. The van der Waals surface area contributed by atoms with E-state index in [9.17, 15) is 19.7 Å². The fourth-order valence-corrected chi connectivity index (χ4v) is 3.15. The van der Waals surface area contributed by atoms with E-state index in [-0.39, 0.29) is 68.0 Å². The number of esters is 2. The number of benzene rings is 1. The first kappa shape index (κ1) is 28.3. The van der Waals surface area contributed by atoms with Crippen molar-refractivity contribution in [1.29, 1.82) is 0 Å². The maximum absolute atomic E-state index is 12.8. The van der Waals surface area contributed by atoms with Gasteiger partial charge in [-0.1, -0.05) is 12.1 Å². The number of nitrogens with two attached hydrogens (primary N) is 2. The van der Waals surface area contributed by atoms with Gasteiger partial charge in [0.15, 0.2) is 0 Å². The van der Waals surface area contributed by atoms with Gasteiger partial charge in [-0.3, -0.25) is 10.1 Å². The lowest BCUT2D eigenvalue weighted by Crippen LogP contribution is -2.33. The second-order valence-electron chi connectivity index (χ2n) is 6.34. The molecule has 0 saturated carbocycles. The Balaban J connectivity index is 0.00000450. The van der Waals surface area contributed by atoms with Crippen LogP contribution in [0.15, 0.2) is 46.8 Å². The van der Waals surface area contributed by atoms with Crippen LogP contribution in [-0.2, 0) is 19.1 Å². The van der Waals surface area contributed by atoms with Crippen LogP contribution in [0.2, 0.25) is 0 Å². The molecule has 5 N–H and O–H groups in total. The van der Waals surface area contributed by atoms with E-state index in [1.807, 2.05) is 0 Å². The van der Waals surface area contributed by atoms with Gasteiger partial charge in [-0.15, -0.1) is 24.8 Å². The molecule has 1 aromatic carbocycles. The molecule has 12 heteroatoms. The number of nitro benzene ring substituents is 1. The van der Waals surface area contributed by atoms with Gasteiger partial charge in [0, 0.05) is 36.6 Å². The van der Waals surface area contributed by atoms with Crippen molar-refractivity contribution in [3.05, 3.63) is 62.5 Å². The van der Waals surface area contributed by atoms with Crippen molar-refractivity contribution in [3.63, 3.8) is 0 Å². The number of halogens is 2. The van der Waals surface area contributed by atoms with Crippen molar-refractivity contribution in [2.24, 2.45) is 11.5 Å². The molecular weight excluding hydrogens is 451 g/mol. The third kappa shape index (κ3) is 6.66. The van der Waals surface area contributed by atoms with Gasteiger partial charge >= 0.3 is 11.9 Å². The van der Waals surface area contributed by atoms with Crippen LogP contribution >= 0.6 is 24.8 Å². The summed E-state index contributed by atoms with van der Waals surface area (Å²) < 4.78 is 10.4. The summed E-state index contributed by atoms with van der Waals surface area (Å²) >= 11 is 0. The van der Waals surface area contributed by atoms with Gasteiger partial charge in [-0.25, -0.2) is 9.59 Å². The Morgan fingerprint density at radius 1 is 1.03 bits per heavy atom. The molecule has 0 amide bonds. The minimum absolute atomic E-state index is 0. The van der Waals surface area contributed by atoms with Crippen LogP contribution in [-0.4, -0.2) is 43.2 Å². The molecule has 0 unspecified atom stereocenters. The topological polar surface area (TPSA) is 160 Å². The molecule has 2 rings (SSSR count). The number of ether oxygens (including phenoxy) is 2. The second-order valence-corrected chi connectivity index (χ2v) is 6.34. The fourth-order valence-electron chi connectivity index (χ4n) is 3.15. The van der Waals surface area contributed by atoms with Crippen LogP contribution in [0, 0.1) is 10.1 Å². The normalized spacial score (nSPS) is 13.5. The van der Waals surface area contributed by atoms with E-state index < -0.39 is 22.8 Å². The monoisotopic (exact) mass is 476 g/mol. The Bertz CT molecular complexity index is 846. The summed E-state index contributed by atoms with van der Waals surface area (Å²) in [5, 5.41) is 14.2. The van der Waals surface area contributed by atoms with E-state index in [2.05, 4.69) is 5.32 Å². The number of allylic oxidation sites excluding steroid dienone is 2. The lowest BCUT2D eigenvalue weighted by Gasteiger charge is -2.30. The van der Waals surface area contributed by atoms with Gasteiger partial charge < -0.3 is 26.3 Å². The van der Waals surface area contributed by atoms with E-state index in [1.54, 1.807) is 19.9 Å². The molecule has 1 aromatic rings. The van der Waals surface area contributed by atoms with E-state index in [1.165, 1.54) is 18.2 Å². The van der Waals surface area contributed by atoms with Gasteiger partial charge in [0.05, 0.1) is 22.0 Å². The van der Waals surface area contributed by atoms with Crippen LogP contribution in [0.5, 0.6) is 0 Å². The van der Waals surface area contributed by atoms with Gasteiger partial charge in [0.25, 0.3) is 5.69 Å². The standard InChI is InChI=1S/C19H24N4O6.2ClH/c1-11-15(18(24)28-8-6-20)17(13-4-3-5-14(10-13)23(26)27)16(12(2)22-11)19(25)29-9-7-21;;/h3-5,10,17,22H,6-9,20-21H2,1-2H3;2*1H. The van der Waals surface area contributed by atoms with Crippen LogP contribution in [0.1, 0.15) is 25.3 Å². The van der Waals surface area contributed by atoms with Crippen molar-refractivity contribution in [3.8, 4) is 0 Å². The number of nitrogens with one attached hydrogen (secondary N) is 1. The number of hydrogen-bond donors (Lipinski definition) is 3. The Labute approximate surface area is 192 Å². The average Bonchev–Trinajstić information content (AvgIpc) is 2.69. The summed E-state index contributed by atoms with van der Waals surface area (Å²) in [5.74, 6) is -2.26. The number of non-ortho nitro benzene ring substituents is 1. The maximum Gasteiger partial charge on any atom is 0.336 e. The summed E-state index contributed by atoms with van der Waals surface area (Å²) in [5.41, 5.74) is 12.3. The molecule has 0 saturated heterocycles. The lowest BCUT2D eigenvalue weighted by atomic mass is 9.80. The fraction of sp³-hybridized carbons (Fsp3) is 0.368. The SMILES string of the molecule is CC1=C(C(=O)OCCN)C(c2cccc([N+](=O)[O-])c2)C(C(=O)OCCN)=C(C)N1.Cl.Cl. The molecule has 172 valence electrons. The highest BCUT2D eigenvalue weighted by atomic mass is 35.5. The minimum Gasteiger partial charge on any atom is -0.461 e. The van der Waals surface area contributed by atoms with Crippen molar-refractivity contribution < 1.29 is 24.0 Å². The predicted molar refractivity (Wildman–Crippen MR) is 119 cm³/mol. The Morgan fingerprint density at radius 3 is 1.94 bits per heavy atom. The molecule has 0 bridgehead atoms. The van der Waals surface area contributed by atoms with Crippen molar-refractivity contribution >= 4 is 42.4 Å². The second kappa shape index (κ2) is 12.9. The van der Waals surface area contributed by atoms with Crippen molar-refractivity contribution in [2.45, 2.75) is 19.8 Å². The van der Waals surface area contributed by atoms with Gasteiger partial charge in [0.1, 0.15) is 13.2 Å². The number of hydrogen-bond acceptors (Lipinski definition) is 9. The van der Waals surface area contributed by atoms with E-state index in [0.29, 0.717) is 17.0 Å². The van der Waals surface area contributed by atoms with Gasteiger partial charge in [-0.2, -0.15) is 0 Å². The van der Waals surface area contributed by atoms with Gasteiger partial charge in [-0.05, 0) is 19.4 Å². The first-order valence-corrected chi connectivity index (χ1v) is 8.99. The third-order valence-corrected chi connectivity index (χ3v) is 4.32. The molecule has 1 aliphatic rings. The largest absolute Gasteiger partial charge is 0.461 e. The van der Waals surface area contributed by atoms with Crippen molar-refractivity contribution in [1.82, 2.24) is 5.32 Å². The molecule has 0 aliphatic carbocycles. The van der Waals surface area contributed by atoms with Crippen LogP contribution in [0.4, 0.5) is 5.69 Å². The number of nitro groups is 1. The zero-order valence-corrected chi connectivity index (χ0v) is 18.7. The molecule has 0 radical (unpaired) electrons. The first-order chi connectivity index (χ1) is 13.8.